The Kier molecular flexibility index (Phi) is 1.50. The number of rotatable bonds is 3. The van der Waals surface area contributed by atoms with Crippen LogP contribution < -0.4 is 0 Å². The summed E-state index contributed by atoms with van der Waals surface area (Å²) in [4.78, 5) is 0. The second kappa shape index (κ2) is 2.57. The fraction of sp³-hybridized carbons (Fsp3) is 1.00. The number of hydrogen-bond donors (Lipinski definition) is 0. The molecule has 0 N–H and O–H groups in total. The molecule has 4 aliphatic carbocycles. The summed E-state index contributed by atoms with van der Waals surface area (Å²) in [6.07, 6.45) is 9.38. The molecule has 0 nitrogen and oxygen atoms in total. The highest BCUT2D eigenvalue weighted by Crippen LogP contribution is 2.78. The summed E-state index contributed by atoms with van der Waals surface area (Å²) in [5, 5.41) is 0. The fourth-order valence-corrected chi connectivity index (χ4v) is 5.99. The van der Waals surface area contributed by atoms with Crippen molar-refractivity contribution in [2.75, 3.05) is 0 Å². The lowest BCUT2D eigenvalue weighted by atomic mass is 9.41. The van der Waals surface area contributed by atoms with E-state index in [0.29, 0.717) is 0 Å². The van der Waals surface area contributed by atoms with Crippen LogP contribution in [0.25, 0.3) is 0 Å². The average molecular weight is 190 g/mol. The Bertz CT molecular complexity index is 251. The minimum atomic E-state index is 1.20. The zero-order chi connectivity index (χ0) is 9.28. The monoisotopic (exact) mass is 190 g/mol. The molecule has 4 rings (SSSR count). The van der Waals surface area contributed by atoms with Crippen LogP contribution in [0, 0.1) is 41.4 Å². The Labute approximate surface area is 87.5 Å². The molecule has 0 radical (unpaired) electrons. The molecule has 0 heterocycles. The first-order valence-corrected chi connectivity index (χ1v) is 6.92. The molecule has 0 aromatic heterocycles. The van der Waals surface area contributed by atoms with Crippen molar-refractivity contribution in [3.05, 3.63) is 0 Å². The minimum Gasteiger partial charge on any atom is -0.0654 e. The first-order chi connectivity index (χ1) is 6.92. The molecule has 4 aliphatic rings. The van der Waals surface area contributed by atoms with E-state index in [4.69, 9.17) is 0 Å². The van der Waals surface area contributed by atoms with Crippen LogP contribution in [0.4, 0.5) is 0 Å². The molecule has 0 bridgehead atoms. The molecular formula is C14H22. The Morgan fingerprint density at radius 3 is 2.79 bits per heavy atom. The lowest BCUT2D eigenvalue weighted by molar-refractivity contribution is -0.164. The molecule has 0 aliphatic heterocycles. The maximum absolute atomic E-state index is 2.35. The maximum atomic E-state index is 2.35. The summed E-state index contributed by atoms with van der Waals surface area (Å²) in [6, 6.07) is 0. The molecule has 78 valence electrons. The highest BCUT2D eigenvalue weighted by molar-refractivity contribution is 5.20. The smallest absolute Gasteiger partial charge is 0.0315 e. The van der Waals surface area contributed by atoms with E-state index < -0.39 is 0 Å². The van der Waals surface area contributed by atoms with Crippen molar-refractivity contribution in [1.29, 1.82) is 0 Å². The predicted molar refractivity (Wildman–Crippen MR) is 57.8 cm³/mol. The lowest BCUT2D eigenvalue weighted by Crippen LogP contribution is -2.59. The van der Waals surface area contributed by atoms with E-state index in [1.807, 2.05) is 0 Å². The van der Waals surface area contributed by atoms with Gasteiger partial charge in [0.05, 0.1) is 0 Å². The second-order valence-electron chi connectivity index (χ2n) is 6.44. The van der Waals surface area contributed by atoms with Crippen LogP contribution in [-0.2, 0) is 0 Å². The van der Waals surface area contributed by atoms with Gasteiger partial charge in [-0.05, 0) is 67.1 Å². The molecule has 0 amide bonds. The van der Waals surface area contributed by atoms with Crippen molar-refractivity contribution in [2.24, 2.45) is 41.4 Å². The number of unbranched alkanes of at least 4 members (excludes halogenated alkanes) is 1. The second-order valence-corrected chi connectivity index (χ2v) is 6.44. The van der Waals surface area contributed by atoms with Crippen LogP contribution in [0.1, 0.15) is 45.4 Å². The van der Waals surface area contributed by atoms with E-state index in [-0.39, 0.29) is 0 Å². The molecule has 0 aromatic rings. The Morgan fingerprint density at radius 2 is 1.93 bits per heavy atom. The number of fused-ring (bicyclic) bond motifs is 1. The van der Waals surface area contributed by atoms with Gasteiger partial charge in [-0.15, -0.1) is 0 Å². The van der Waals surface area contributed by atoms with Crippen molar-refractivity contribution in [1.82, 2.24) is 0 Å². The first kappa shape index (κ1) is 8.19. The largest absolute Gasteiger partial charge is 0.0654 e. The quantitative estimate of drug-likeness (QED) is 0.636. The third kappa shape index (κ3) is 0.717. The maximum Gasteiger partial charge on any atom is -0.0315 e. The molecule has 0 aromatic carbocycles. The van der Waals surface area contributed by atoms with Gasteiger partial charge < -0.3 is 0 Å². The summed E-state index contributed by atoms with van der Waals surface area (Å²) in [7, 11) is 0. The van der Waals surface area contributed by atoms with E-state index in [0.717, 1.165) is 0 Å². The molecular weight excluding hydrogens is 168 g/mol. The van der Waals surface area contributed by atoms with E-state index in [1.165, 1.54) is 54.3 Å². The van der Waals surface area contributed by atoms with E-state index in [1.54, 1.807) is 25.7 Å². The molecule has 14 heavy (non-hydrogen) atoms. The van der Waals surface area contributed by atoms with Crippen molar-refractivity contribution < 1.29 is 0 Å². The Morgan fingerprint density at radius 1 is 1.00 bits per heavy atom. The van der Waals surface area contributed by atoms with Gasteiger partial charge in [-0.1, -0.05) is 19.8 Å². The van der Waals surface area contributed by atoms with Crippen LogP contribution in [0.3, 0.4) is 0 Å². The van der Waals surface area contributed by atoms with Gasteiger partial charge in [0.2, 0.25) is 0 Å². The number of hydrogen-bond acceptors (Lipinski definition) is 0. The van der Waals surface area contributed by atoms with Crippen molar-refractivity contribution in [2.45, 2.75) is 45.4 Å². The first-order valence-electron chi connectivity index (χ1n) is 6.92. The van der Waals surface area contributed by atoms with Crippen LogP contribution in [-0.4, -0.2) is 0 Å². The predicted octanol–water partition coefficient (Wildman–Crippen LogP) is 3.71. The summed E-state index contributed by atoms with van der Waals surface area (Å²) in [5.74, 6) is 8.61. The zero-order valence-electron chi connectivity index (χ0n) is 9.28. The van der Waals surface area contributed by atoms with Gasteiger partial charge in [0.25, 0.3) is 0 Å². The van der Waals surface area contributed by atoms with Gasteiger partial charge in [-0.3, -0.25) is 0 Å². The van der Waals surface area contributed by atoms with Crippen LogP contribution in [0.5, 0.6) is 0 Å². The summed E-state index contributed by atoms with van der Waals surface area (Å²) >= 11 is 0. The average Bonchev–Trinajstić information content (AvgIpc) is 2.49. The van der Waals surface area contributed by atoms with Crippen LogP contribution >= 0.6 is 0 Å². The van der Waals surface area contributed by atoms with Gasteiger partial charge in [0, 0.05) is 0 Å². The van der Waals surface area contributed by atoms with Crippen molar-refractivity contribution >= 4 is 0 Å². The third-order valence-corrected chi connectivity index (χ3v) is 6.30. The molecule has 4 fully saturated rings. The van der Waals surface area contributed by atoms with E-state index >= 15 is 0 Å². The molecule has 0 saturated heterocycles. The van der Waals surface area contributed by atoms with Crippen molar-refractivity contribution in [3.8, 4) is 0 Å². The third-order valence-electron chi connectivity index (χ3n) is 6.30. The lowest BCUT2D eigenvalue weighted by Gasteiger charge is -2.64. The fourth-order valence-electron chi connectivity index (χ4n) is 5.99. The summed E-state index contributed by atoms with van der Waals surface area (Å²) in [6.45, 7) is 2.35. The van der Waals surface area contributed by atoms with Crippen LogP contribution in [0.2, 0.25) is 0 Å². The standard InChI is InChI=1S/C14H22/c1-2-3-4-9-11-7-8-5-6-10-12(8)14(11)13(9)10/h8-14H,2-7H2,1H3. The molecule has 4 saturated carbocycles. The summed E-state index contributed by atoms with van der Waals surface area (Å²) in [5.41, 5.74) is 0. The molecule has 7 unspecified atom stereocenters. The summed E-state index contributed by atoms with van der Waals surface area (Å²) < 4.78 is 0. The van der Waals surface area contributed by atoms with Gasteiger partial charge in [0.15, 0.2) is 0 Å². The van der Waals surface area contributed by atoms with E-state index in [9.17, 15) is 0 Å². The molecule has 7 atom stereocenters. The zero-order valence-corrected chi connectivity index (χ0v) is 9.28. The molecule has 0 spiro atoms. The minimum absolute atomic E-state index is 1.20. The van der Waals surface area contributed by atoms with Gasteiger partial charge in [-0.25, -0.2) is 0 Å². The Balaban J connectivity index is 1.53. The van der Waals surface area contributed by atoms with Gasteiger partial charge in [0.1, 0.15) is 0 Å². The normalized spacial score (nSPS) is 61.9. The Hall–Kier alpha value is 0. The highest BCUT2D eigenvalue weighted by atomic mass is 14.8. The van der Waals surface area contributed by atoms with E-state index in [2.05, 4.69) is 6.92 Å². The van der Waals surface area contributed by atoms with Gasteiger partial charge >= 0.3 is 0 Å². The van der Waals surface area contributed by atoms with Gasteiger partial charge in [-0.2, -0.15) is 0 Å². The SMILES string of the molecule is CCCCC1C2CC3CCC4C3C2C14. The van der Waals surface area contributed by atoms with Crippen molar-refractivity contribution in [3.63, 3.8) is 0 Å². The highest BCUT2D eigenvalue weighted by Gasteiger charge is 2.72. The molecule has 0 heteroatoms. The van der Waals surface area contributed by atoms with Crippen LogP contribution in [0.15, 0.2) is 0 Å². The topological polar surface area (TPSA) is 0 Å².